The highest BCUT2D eigenvalue weighted by atomic mass is 16.2. The Labute approximate surface area is 111 Å². The van der Waals surface area contributed by atoms with Crippen LogP contribution in [0.15, 0.2) is 5.10 Å². The average Bonchev–Trinajstić information content (AvgIpc) is 2.42. The van der Waals surface area contributed by atoms with E-state index in [1.165, 1.54) is 0 Å². The number of hydrazone groups is 1. The lowest BCUT2D eigenvalue weighted by molar-refractivity contribution is -0.121. The van der Waals surface area contributed by atoms with Gasteiger partial charge in [0.15, 0.2) is 0 Å². The predicted octanol–water partition coefficient (Wildman–Crippen LogP) is -0.643. The third-order valence-corrected chi connectivity index (χ3v) is 3.57. The van der Waals surface area contributed by atoms with Gasteiger partial charge in [-0.15, -0.1) is 0 Å². The van der Waals surface area contributed by atoms with Crippen LogP contribution in [0, 0.1) is 11.3 Å². The standard InChI is InChI=1S/C12H17N5O2/c1-17-6-4-12(8-13,5-7-17)14-11(19)9-2-3-10(18)16-15-9/h2-7H2,1H3,(H,14,19)(H,16,18). The van der Waals surface area contributed by atoms with Gasteiger partial charge in [-0.05, 0) is 19.9 Å². The summed E-state index contributed by atoms with van der Waals surface area (Å²) < 4.78 is 0. The lowest BCUT2D eigenvalue weighted by Gasteiger charge is -2.36. The molecule has 102 valence electrons. The minimum atomic E-state index is -0.812. The van der Waals surface area contributed by atoms with Gasteiger partial charge in [0.1, 0.15) is 11.3 Å². The molecule has 0 radical (unpaired) electrons. The number of nitrogens with zero attached hydrogens (tertiary/aromatic N) is 3. The van der Waals surface area contributed by atoms with Crippen LogP contribution < -0.4 is 10.7 Å². The van der Waals surface area contributed by atoms with Gasteiger partial charge < -0.3 is 10.2 Å². The van der Waals surface area contributed by atoms with Crippen molar-refractivity contribution in [3.63, 3.8) is 0 Å². The van der Waals surface area contributed by atoms with Gasteiger partial charge in [0.05, 0.1) is 6.07 Å². The second-order valence-electron chi connectivity index (χ2n) is 5.04. The number of carbonyl (C=O) groups is 2. The first-order chi connectivity index (χ1) is 9.04. The van der Waals surface area contributed by atoms with E-state index in [-0.39, 0.29) is 23.9 Å². The van der Waals surface area contributed by atoms with E-state index >= 15 is 0 Å². The van der Waals surface area contributed by atoms with E-state index in [0.29, 0.717) is 19.3 Å². The van der Waals surface area contributed by atoms with Crippen molar-refractivity contribution in [3.05, 3.63) is 0 Å². The zero-order chi connectivity index (χ0) is 13.9. The second kappa shape index (κ2) is 5.36. The minimum Gasteiger partial charge on any atom is -0.332 e. The molecule has 0 spiro atoms. The highest BCUT2D eigenvalue weighted by molar-refractivity contribution is 6.39. The highest BCUT2D eigenvalue weighted by Gasteiger charge is 2.36. The molecule has 0 aromatic heterocycles. The largest absolute Gasteiger partial charge is 0.332 e. The van der Waals surface area contributed by atoms with Crippen molar-refractivity contribution in [3.8, 4) is 6.07 Å². The summed E-state index contributed by atoms with van der Waals surface area (Å²) in [5.74, 6) is -0.544. The van der Waals surface area contributed by atoms with Gasteiger partial charge in [0.25, 0.3) is 5.91 Å². The Hall–Kier alpha value is -1.94. The van der Waals surface area contributed by atoms with Gasteiger partial charge in [-0.25, -0.2) is 5.43 Å². The number of nitrogens with one attached hydrogen (secondary N) is 2. The zero-order valence-corrected chi connectivity index (χ0v) is 10.9. The summed E-state index contributed by atoms with van der Waals surface area (Å²) in [6.45, 7) is 1.55. The summed E-state index contributed by atoms with van der Waals surface area (Å²) in [6.07, 6.45) is 1.78. The average molecular weight is 263 g/mol. The summed E-state index contributed by atoms with van der Waals surface area (Å²) in [5, 5.41) is 15.8. The van der Waals surface area contributed by atoms with E-state index in [4.69, 9.17) is 0 Å². The van der Waals surface area contributed by atoms with Gasteiger partial charge in [0, 0.05) is 25.9 Å². The Balaban J connectivity index is 2.01. The maximum absolute atomic E-state index is 12.1. The van der Waals surface area contributed by atoms with Crippen LogP contribution in [0.2, 0.25) is 0 Å². The van der Waals surface area contributed by atoms with Gasteiger partial charge in [-0.3, -0.25) is 9.59 Å². The van der Waals surface area contributed by atoms with E-state index < -0.39 is 5.54 Å². The Morgan fingerprint density at radius 2 is 2.16 bits per heavy atom. The van der Waals surface area contributed by atoms with Crippen LogP contribution in [0.25, 0.3) is 0 Å². The van der Waals surface area contributed by atoms with Crippen LogP contribution in [0.3, 0.4) is 0 Å². The number of carbonyl (C=O) groups excluding carboxylic acids is 2. The lowest BCUT2D eigenvalue weighted by Crippen LogP contribution is -2.55. The fourth-order valence-corrected chi connectivity index (χ4v) is 2.19. The quantitative estimate of drug-likeness (QED) is 0.692. The SMILES string of the molecule is CN1CCC(C#N)(NC(=O)C2=NNC(=O)CC2)CC1. The molecule has 0 unspecified atom stereocenters. The molecule has 1 fully saturated rings. The van der Waals surface area contributed by atoms with E-state index in [0.717, 1.165) is 13.1 Å². The molecule has 2 rings (SSSR count). The molecule has 2 N–H and O–H groups in total. The van der Waals surface area contributed by atoms with E-state index in [1.807, 2.05) is 7.05 Å². The number of rotatable bonds is 2. The summed E-state index contributed by atoms with van der Waals surface area (Å²) in [6, 6.07) is 2.22. The molecular formula is C12H17N5O2. The number of nitriles is 1. The van der Waals surface area contributed by atoms with Crippen molar-refractivity contribution < 1.29 is 9.59 Å². The van der Waals surface area contributed by atoms with Crippen molar-refractivity contribution in [1.82, 2.24) is 15.6 Å². The summed E-state index contributed by atoms with van der Waals surface area (Å²) in [5.41, 5.74) is 1.76. The first-order valence-electron chi connectivity index (χ1n) is 6.32. The van der Waals surface area contributed by atoms with Crippen LogP contribution >= 0.6 is 0 Å². The van der Waals surface area contributed by atoms with Crippen LogP contribution in [-0.4, -0.2) is 48.1 Å². The molecule has 7 heteroatoms. The lowest BCUT2D eigenvalue weighted by atomic mass is 9.89. The second-order valence-corrected chi connectivity index (χ2v) is 5.04. The first kappa shape index (κ1) is 13.5. The first-order valence-corrected chi connectivity index (χ1v) is 6.32. The molecule has 2 aliphatic rings. The Kier molecular flexibility index (Phi) is 3.81. The van der Waals surface area contributed by atoms with Crippen molar-refractivity contribution in [2.45, 2.75) is 31.2 Å². The summed E-state index contributed by atoms with van der Waals surface area (Å²) >= 11 is 0. The highest BCUT2D eigenvalue weighted by Crippen LogP contribution is 2.21. The maximum atomic E-state index is 12.1. The molecule has 7 nitrogen and oxygen atoms in total. The molecule has 1 saturated heterocycles. The third-order valence-electron chi connectivity index (χ3n) is 3.57. The molecular weight excluding hydrogens is 246 g/mol. The molecule has 2 amide bonds. The number of amides is 2. The Morgan fingerprint density at radius 3 is 2.68 bits per heavy atom. The van der Waals surface area contributed by atoms with Crippen molar-refractivity contribution in [2.24, 2.45) is 5.10 Å². The Morgan fingerprint density at radius 1 is 1.47 bits per heavy atom. The van der Waals surface area contributed by atoms with Gasteiger partial charge >= 0.3 is 0 Å². The molecule has 19 heavy (non-hydrogen) atoms. The number of hydrogen-bond donors (Lipinski definition) is 2. The van der Waals surface area contributed by atoms with Crippen LogP contribution in [0.5, 0.6) is 0 Å². The van der Waals surface area contributed by atoms with Crippen LogP contribution in [0.1, 0.15) is 25.7 Å². The number of likely N-dealkylation sites (tertiary alicyclic amines) is 1. The normalized spacial score (nSPS) is 22.9. The molecule has 2 heterocycles. The number of piperidine rings is 1. The van der Waals surface area contributed by atoms with Gasteiger partial charge in [0.2, 0.25) is 5.91 Å². The third kappa shape index (κ3) is 3.09. The summed E-state index contributed by atoms with van der Waals surface area (Å²) in [4.78, 5) is 25.2. The van der Waals surface area contributed by atoms with E-state index in [9.17, 15) is 14.9 Å². The topological polar surface area (TPSA) is 97.6 Å². The summed E-state index contributed by atoms with van der Waals surface area (Å²) in [7, 11) is 1.99. The molecule has 0 bridgehead atoms. The number of hydrogen-bond acceptors (Lipinski definition) is 5. The van der Waals surface area contributed by atoms with Crippen molar-refractivity contribution >= 4 is 17.5 Å². The fraction of sp³-hybridized carbons (Fsp3) is 0.667. The molecule has 0 saturated carbocycles. The maximum Gasteiger partial charge on any atom is 0.268 e. The molecule has 0 atom stereocenters. The minimum absolute atomic E-state index is 0.189. The Bertz CT molecular complexity index is 457. The van der Waals surface area contributed by atoms with E-state index in [2.05, 4.69) is 26.8 Å². The van der Waals surface area contributed by atoms with Crippen molar-refractivity contribution in [2.75, 3.05) is 20.1 Å². The fourth-order valence-electron chi connectivity index (χ4n) is 2.19. The van der Waals surface area contributed by atoms with Crippen LogP contribution in [-0.2, 0) is 9.59 Å². The van der Waals surface area contributed by atoms with Gasteiger partial charge in [-0.1, -0.05) is 0 Å². The molecule has 0 aliphatic carbocycles. The molecule has 0 aromatic carbocycles. The monoisotopic (exact) mass is 263 g/mol. The van der Waals surface area contributed by atoms with Crippen LogP contribution in [0.4, 0.5) is 0 Å². The molecule has 2 aliphatic heterocycles. The molecule has 0 aromatic rings. The smallest absolute Gasteiger partial charge is 0.268 e. The zero-order valence-electron chi connectivity index (χ0n) is 10.9. The van der Waals surface area contributed by atoms with Crippen molar-refractivity contribution in [1.29, 1.82) is 5.26 Å². The predicted molar refractivity (Wildman–Crippen MR) is 68.0 cm³/mol. The van der Waals surface area contributed by atoms with E-state index in [1.54, 1.807) is 0 Å². The van der Waals surface area contributed by atoms with Gasteiger partial charge in [-0.2, -0.15) is 10.4 Å².